The van der Waals surface area contributed by atoms with Gasteiger partial charge >= 0.3 is 0 Å². The van der Waals surface area contributed by atoms with Crippen molar-refractivity contribution in [2.24, 2.45) is 0 Å². The maximum absolute atomic E-state index is 11.7. The first kappa shape index (κ1) is 19.4. The first-order valence-corrected chi connectivity index (χ1v) is 9.31. The Morgan fingerprint density at radius 2 is 1.41 bits per heavy atom. The first-order valence-electron chi connectivity index (χ1n) is 9.31. The molecule has 8 heteroatoms. The molecule has 1 aromatic rings. The summed E-state index contributed by atoms with van der Waals surface area (Å²) in [6.07, 6.45) is 0.0245. The molecule has 2 aliphatic heterocycles. The number of nitro groups is 1. The molecule has 0 aliphatic carbocycles. The Labute approximate surface area is 159 Å². The van der Waals surface area contributed by atoms with Crippen LogP contribution in [-0.4, -0.2) is 55.5 Å². The van der Waals surface area contributed by atoms with Gasteiger partial charge in [0, 0.05) is 32.2 Å². The van der Waals surface area contributed by atoms with E-state index in [-0.39, 0.29) is 30.1 Å². The number of nitro benzene ring substituents is 1. The van der Waals surface area contributed by atoms with Crippen molar-refractivity contribution in [3.8, 4) is 6.07 Å². The van der Waals surface area contributed by atoms with Gasteiger partial charge in [-0.2, -0.15) is 5.26 Å². The molecule has 0 amide bonds. The van der Waals surface area contributed by atoms with Crippen LogP contribution in [0.25, 0.3) is 0 Å². The van der Waals surface area contributed by atoms with Crippen molar-refractivity contribution in [3.05, 3.63) is 27.8 Å². The zero-order valence-electron chi connectivity index (χ0n) is 16.2. The van der Waals surface area contributed by atoms with Gasteiger partial charge in [0.15, 0.2) is 0 Å². The minimum absolute atomic E-state index is 0.0177. The van der Waals surface area contributed by atoms with Crippen LogP contribution in [0, 0.1) is 21.4 Å². The van der Waals surface area contributed by atoms with Crippen LogP contribution in [0.5, 0.6) is 0 Å². The summed E-state index contributed by atoms with van der Waals surface area (Å²) in [6.45, 7) is 10.4. The van der Waals surface area contributed by atoms with Crippen LogP contribution in [0.4, 0.5) is 17.1 Å². The minimum atomic E-state index is -0.407. The Morgan fingerprint density at radius 1 is 0.963 bits per heavy atom. The zero-order chi connectivity index (χ0) is 19.7. The predicted molar refractivity (Wildman–Crippen MR) is 102 cm³/mol. The Balaban J connectivity index is 2.06. The minimum Gasteiger partial charge on any atom is -0.372 e. The van der Waals surface area contributed by atoms with Gasteiger partial charge in [0.25, 0.3) is 5.69 Å². The highest BCUT2D eigenvalue weighted by Gasteiger charge is 2.31. The highest BCUT2D eigenvalue weighted by Crippen LogP contribution is 2.37. The van der Waals surface area contributed by atoms with E-state index < -0.39 is 4.92 Å². The fourth-order valence-corrected chi connectivity index (χ4v) is 4.07. The zero-order valence-corrected chi connectivity index (χ0v) is 16.2. The van der Waals surface area contributed by atoms with E-state index in [0.29, 0.717) is 37.4 Å². The van der Waals surface area contributed by atoms with E-state index in [1.807, 2.05) is 32.6 Å². The molecule has 27 heavy (non-hydrogen) atoms. The third-order valence-corrected chi connectivity index (χ3v) is 4.93. The second-order valence-electron chi connectivity index (χ2n) is 7.55. The van der Waals surface area contributed by atoms with Crippen LogP contribution in [0.3, 0.4) is 0 Å². The summed E-state index contributed by atoms with van der Waals surface area (Å²) in [5.74, 6) is 0. The highest BCUT2D eigenvalue weighted by atomic mass is 16.6. The topological polar surface area (TPSA) is 91.9 Å². The second kappa shape index (κ2) is 7.71. The van der Waals surface area contributed by atoms with Crippen molar-refractivity contribution in [3.63, 3.8) is 0 Å². The van der Waals surface area contributed by atoms with Gasteiger partial charge in [-0.25, -0.2) is 0 Å². The van der Waals surface area contributed by atoms with E-state index in [4.69, 9.17) is 9.47 Å². The molecule has 4 atom stereocenters. The van der Waals surface area contributed by atoms with Crippen LogP contribution in [0.1, 0.15) is 33.3 Å². The SMILES string of the molecule is C[C@@H]1CN(c2cc(N3C[C@@H](C)O[C@@H](C)C3)c([N+](=O)[O-])cc2C#N)C[C@@H](C)O1. The Morgan fingerprint density at radius 3 is 1.81 bits per heavy atom. The van der Waals surface area contributed by atoms with Crippen molar-refractivity contribution < 1.29 is 14.4 Å². The molecule has 2 saturated heterocycles. The van der Waals surface area contributed by atoms with Crippen molar-refractivity contribution in [2.45, 2.75) is 52.1 Å². The van der Waals surface area contributed by atoms with Crippen LogP contribution >= 0.6 is 0 Å². The summed E-state index contributed by atoms with van der Waals surface area (Å²) < 4.78 is 11.6. The third kappa shape index (κ3) is 4.15. The molecular formula is C19H26N4O4. The van der Waals surface area contributed by atoms with E-state index in [2.05, 4.69) is 11.0 Å². The standard InChI is InChI=1S/C19H26N4O4/c1-12-8-21(9-13(2)26-12)17-6-18(19(23(24)25)5-16(17)7-20)22-10-14(3)27-15(4)11-22/h5-6,12-15H,8-11H2,1-4H3/t12-,13-,14-,15+/m1/s1. The summed E-state index contributed by atoms with van der Waals surface area (Å²) >= 11 is 0. The van der Waals surface area contributed by atoms with Crippen molar-refractivity contribution in [1.82, 2.24) is 0 Å². The number of hydrogen-bond donors (Lipinski definition) is 0. The molecule has 2 aliphatic rings. The monoisotopic (exact) mass is 374 g/mol. The summed E-state index contributed by atoms with van der Waals surface area (Å²) in [7, 11) is 0. The first-order chi connectivity index (χ1) is 12.8. The fourth-order valence-electron chi connectivity index (χ4n) is 4.07. The molecule has 0 saturated carbocycles. The quantitative estimate of drug-likeness (QED) is 0.593. The van der Waals surface area contributed by atoms with E-state index in [9.17, 15) is 15.4 Å². The smallest absolute Gasteiger partial charge is 0.294 e. The average Bonchev–Trinajstić information content (AvgIpc) is 2.58. The van der Waals surface area contributed by atoms with Crippen LogP contribution in [0.15, 0.2) is 12.1 Å². The van der Waals surface area contributed by atoms with E-state index in [1.54, 1.807) is 6.07 Å². The summed E-state index contributed by atoms with van der Waals surface area (Å²) in [4.78, 5) is 15.4. The van der Waals surface area contributed by atoms with Crippen LogP contribution in [0.2, 0.25) is 0 Å². The number of anilines is 2. The molecule has 0 aromatic heterocycles. The average molecular weight is 374 g/mol. The lowest BCUT2D eigenvalue weighted by molar-refractivity contribution is -0.384. The molecule has 8 nitrogen and oxygen atoms in total. The maximum atomic E-state index is 11.7. The highest BCUT2D eigenvalue weighted by molar-refractivity contribution is 5.76. The molecule has 2 fully saturated rings. The van der Waals surface area contributed by atoms with Gasteiger partial charge in [0.05, 0.1) is 40.6 Å². The summed E-state index contributed by atoms with van der Waals surface area (Å²) in [5, 5.41) is 21.3. The number of nitriles is 1. The fraction of sp³-hybridized carbons (Fsp3) is 0.632. The largest absolute Gasteiger partial charge is 0.372 e. The second-order valence-corrected chi connectivity index (χ2v) is 7.55. The third-order valence-electron chi connectivity index (χ3n) is 4.93. The number of benzene rings is 1. The molecule has 0 bridgehead atoms. The summed E-state index contributed by atoms with van der Waals surface area (Å²) in [6, 6.07) is 5.34. The number of ether oxygens (including phenoxy) is 2. The van der Waals surface area contributed by atoms with Gasteiger partial charge in [0.1, 0.15) is 11.8 Å². The van der Waals surface area contributed by atoms with Crippen molar-refractivity contribution >= 4 is 17.1 Å². The van der Waals surface area contributed by atoms with Gasteiger partial charge in [-0.15, -0.1) is 0 Å². The molecule has 146 valence electrons. The molecule has 0 radical (unpaired) electrons. The lowest BCUT2D eigenvalue weighted by Gasteiger charge is -2.39. The number of morpholine rings is 2. The molecule has 3 rings (SSSR count). The Kier molecular flexibility index (Phi) is 5.53. The molecule has 2 heterocycles. The normalized spacial score (nSPS) is 28.7. The lowest BCUT2D eigenvalue weighted by Crippen LogP contribution is -2.47. The van der Waals surface area contributed by atoms with Gasteiger partial charge in [-0.1, -0.05) is 0 Å². The number of hydrogen-bond acceptors (Lipinski definition) is 7. The molecule has 0 N–H and O–H groups in total. The lowest BCUT2D eigenvalue weighted by atomic mass is 10.1. The Hall–Kier alpha value is -2.37. The van der Waals surface area contributed by atoms with Gasteiger partial charge in [-0.3, -0.25) is 10.1 Å². The van der Waals surface area contributed by atoms with Crippen molar-refractivity contribution in [1.29, 1.82) is 5.26 Å². The molecule has 0 unspecified atom stereocenters. The summed E-state index contributed by atoms with van der Waals surface area (Å²) in [5.41, 5.74) is 1.56. The van der Waals surface area contributed by atoms with E-state index in [1.165, 1.54) is 6.07 Å². The molecular weight excluding hydrogens is 348 g/mol. The van der Waals surface area contributed by atoms with E-state index >= 15 is 0 Å². The van der Waals surface area contributed by atoms with Gasteiger partial charge in [0.2, 0.25) is 0 Å². The molecule has 0 spiro atoms. The number of rotatable bonds is 3. The van der Waals surface area contributed by atoms with E-state index in [0.717, 1.165) is 5.69 Å². The van der Waals surface area contributed by atoms with Crippen LogP contribution < -0.4 is 9.80 Å². The maximum Gasteiger partial charge on any atom is 0.294 e. The van der Waals surface area contributed by atoms with Gasteiger partial charge < -0.3 is 19.3 Å². The van der Waals surface area contributed by atoms with Crippen molar-refractivity contribution in [2.75, 3.05) is 36.0 Å². The predicted octanol–water partition coefficient (Wildman–Crippen LogP) is 2.69. The van der Waals surface area contributed by atoms with Crippen LogP contribution in [-0.2, 0) is 9.47 Å². The number of nitrogens with zero attached hydrogens (tertiary/aromatic N) is 4. The molecule has 1 aromatic carbocycles. The van der Waals surface area contributed by atoms with Gasteiger partial charge in [-0.05, 0) is 33.8 Å². The Bertz CT molecular complexity index is 743.